The molecule has 154 valence electrons. The van der Waals surface area contributed by atoms with E-state index in [0.29, 0.717) is 26.9 Å². The summed E-state index contributed by atoms with van der Waals surface area (Å²) in [6.45, 7) is 1.61. The van der Waals surface area contributed by atoms with Crippen molar-refractivity contribution >= 4 is 69.9 Å². The summed E-state index contributed by atoms with van der Waals surface area (Å²) in [4.78, 5) is 33.7. The molecule has 1 amide bonds. The summed E-state index contributed by atoms with van der Waals surface area (Å²) in [7, 11) is 3.60. The van der Waals surface area contributed by atoms with Crippen molar-refractivity contribution in [3.8, 4) is 0 Å². The third-order valence-corrected chi connectivity index (χ3v) is 6.05. The molecule has 0 aliphatic carbocycles. The molecule has 5 nitrogen and oxygen atoms in total. The predicted molar refractivity (Wildman–Crippen MR) is 124 cm³/mol. The molecule has 0 fully saturated rings. The Balaban J connectivity index is 0.00000300. The van der Waals surface area contributed by atoms with E-state index in [2.05, 4.69) is 4.99 Å². The monoisotopic (exact) mass is 471 g/mol. The van der Waals surface area contributed by atoms with Gasteiger partial charge in [-0.2, -0.15) is 0 Å². The lowest BCUT2D eigenvalue weighted by molar-refractivity contribution is -0.115. The molecule has 9 heteroatoms. The van der Waals surface area contributed by atoms with Crippen molar-refractivity contribution in [1.82, 2.24) is 4.90 Å². The molecule has 0 saturated carbocycles. The van der Waals surface area contributed by atoms with Gasteiger partial charge in [0.05, 0.1) is 23.0 Å². The molecular weight excluding hydrogens is 453 g/mol. The smallest absolute Gasteiger partial charge is 0.237 e. The minimum atomic E-state index is -0.282. The summed E-state index contributed by atoms with van der Waals surface area (Å²) in [6.07, 6.45) is 0. The van der Waals surface area contributed by atoms with Gasteiger partial charge in [0.1, 0.15) is 0 Å². The van der Waals surface area contributed by atoms with Crippen LogP contribution in [0.1, 0.15) is 15.9 Å². The molecule has 0 unspecified atom stereocenters. The molecular formula is C20H20Cl3N3O2S. The van der Waals surface area contributed by atoms with E-state index in [1.54, 1.807) is 49.5 Å². The molecule has 1 heterocycles. The molecule has 0 N–H and O–H groups in total. The van der Waals surface area contributed by atoms with E-state index in [1.807, 2.05) is 11.9 Å². The van der Waals surface area contributed by atoms with E-state index in [-0.39, 0.29) is 29.9 Å². The number of amidine groups is 1. The number of halogens is 3. The van der Waals surface area contributed by atoms with Crippen molar-refractivity contribution in [2.24, 2.45) is 4.99 Å². The van der Waals surface area contributed by atoms with Crippen LogP contribution in [-0.4, -0.2) is 54.7 Å². The average molecular weight is 473 g/mol. The van der Waals surface area contributed by atoms with Crippen LogP contribution in [0.4, 0.5) is 5.69 Å². The first-order valence-corrected chi connectivity index (χ1v) is 10.4. The number of thioether (sulfide) groups is 1. The topological polar surface area (TPSA) is 53.0 Å². The van der Waals surface area contributed by atoms with Gasteiger partial charge in [0.2, 0.25) is 5.91 Å². The highest BCUT2D eigenvalue weighted by Crippen LogP contribution is 2.29. The second-order valence-electron chi connectivity index (χ2n) is 6.30. The fraction of sp³-hybridized carbons (Fsp3) is 0.250. The van der Waals surface area contributed by atoms with Gasteiger partial charge in [0.15, 0.2) is 11.0 Å². The predicted octanol–water partition coefficient (Wildman–Crippen LogP) is 4.64. The second kappa shape index (κ2) is 10.3. The van der Waals surface area contributed by atoms with Crippen LogP contribution < -0.4 is 4.90 Å². The minimum Gasteiger partial charge on any atom is -0.353 e. The zero-order chi connectivity index (χ0) is 20.3. The van der Waals surface area contributed by atoms with Crippen molar-refractivity contribution in [3.63, 3.8) is 0 Å². The highest BCUT2D eigenvalue weighted by molar-refractivity contribution is 8.14. The Bertz CT molecular complexity index is 952. The molecule has 2 aromatic rings. The van der Waals surface area contributed by atoms with E-state index >= 15 is 0 Å². The number of anilines is 1. The normalized spacial score (nSPS) is 13.0. The number of hydrogen-bond acceptors (Lipinski definition) is 5. The van der Waals surface area contributed by atoms with Crippen molar-refractivity contribution in [3.05, 3.63) is 63.6 Å². The number of likely N-dealkylation sites (N-methyl/N-ethyl adjacent to an activating group) is 1. The van der Waals surface area contributed by atoms with Gasteiger partial charge in [0.25, 0.3) is 0 Å². The number of rotatable bonds is 5. The van der Waals surface area contributed by atoms with E-state index in [4.69, 9.17) is 23.2 Å². The maximum absolute atomic E-state index is 13.1. The molecule has 0 atom stereocenters. The van der Waals surface area contributed by atoms with Gasteiger partial charge in [-0.15, -0.1) is 12.4 Å². The van der Waals surface area contributed by atoms with E-state index in [0.717, 1.165) is 18.3 Å². The van der Waals surface area contributed by atoms with Crippen LogP contribution in [0.2, 0.25) is 10.0 Å². The largest absolute Gasteiger partial charge is 0.353 e. The quantitative estimate of drug-likeness (QED) is 0.595. The van der Waals surface area contributed by atoms with E-state index < -0.39 is 0 Å². The van der Waals surface area contributed by atoms with Crippen LogP contribution >= 0.6 is 47.4 Å². The third-order valence-electron chi connectivity index (χ3n) is 4.39. The van der Waals surface area contributed by atoms with Crippen molar-refractivity contribution in [1.29, 1.82) is 0 Å². The Morgan fingerprint density at radius 3 is 2.55 bits per heavy atom. The summed E-state index contributed by atoms with van der Waals surface area (Å²) < 4.78 is 0. The van der Waals surface area contributed by atoms with Crippen LogP contribution in [0.5, 0.6) is 0 Å². The van der Waals surface area contributed by atoms with Gasteiger partial charge in [-0.25, -0.2) is 0 Å². The first-order valence-electron chi connectivity index (χ1n) is 8.62. The molecule has 2 aromatic carbocycles. The van der Waals surface area contributed by atoms with Crippen molar-refractivity contribution in [2.45, 2.75) is 0 Å². The van der Waals surface area contributed by atoms with E-state index in [1.165, 1.54) is 16.7 Å². The van der Waals surface area contributed by atoms with Gasteiger partial charge < -0.3 is 9.80 Å². The lowest BCUT2D eigenvalue weighted by Crippen LogP contribution is -2.31. The minimum absolute atomic E-state index is 0. The van der Waals surface area contributed by atoms with Crippen LogP contribution in [0, 0.1) is 0 Å². The third kappa shape index (κ3) is 5.45. The zero-order valence-electron chi connectivity index (χ0n) is 15.9. The fourth-order valence-electron chi connectivity index (χ4n) is 2.80. The number of nitrogens with zero attached hydrogens (tertiary/aromatic N) is 3. The Hall–Kier alpha value is -1.73. The molecule has 1 aliphatic rings. The molecule has 0 aromatic heterocycles. The maximum atomic E-state index is 13.1. The molecule has 0 saturated heterocycles. The standard InChI is InChI=1S/C20H19Cl2N3O2S.ClH/c1-24-10-9-23-20(24)28-12-18(26)25(2)17-8-7-13(21)11-15(17)19(27)14-5-3-4-6-16(14)22;/h3-8,11H,9-10,12H2,1-2H3;1H. The fourth-order valence-corrected chi connectivity index (χ4v) is 4.13. The summed E-state index contributed by atoms with van der Waals surface area (Å²) in [6, 6.07) is 11.7. The summed E-state index contributed by atoms with van der Waals surface area (Å²) in [5, 5.41) is 1.62. The second-order valence-corrected chi connectivity index (χ2v) is 8.08. The van der Waals surface area contributed by atoms with Crippen molar-refractivity contribution in [2.75, 3.05) is 37.8 Å². The molecule has 1 aliphatic heterocycles. The van der Waals surface area contributed by atoms with Crippen LogP contribution in [0.3, 0.4) is 0 Å². The van der Waals surface area contributed by atoms with Gasteiger partial charge in [-0.3, -0.25) is 14.6 Å². The van der Waals surface area contributed by atoms with Gasteiger partial charge in [-0.1, -0.05) is 47.1 Å². The van der Waals surface area contributed by atoms with Crippen LogP contribution in [0.15, 0.2) is 47.5 Å². The van der Waals surface area contributed by atoms with Crippen LogP contribution in [0.25, 0.3) is 0 Å². The Morgan fingerprint density at radius 2 is 1.90 bits per heavy atom. The molecule has 0 spiro atoms. The Kier molecular flexibility index (Phi) is 8.40. The van der Waals surface area contributed by atoms with Gasteiger partial charge >= 0.3 is 0 Å². The molecule has 3 rings (SSSR count). The zero-order valence-corrected chi connectivity index (χ0v) is 19.0. The van der Waals surface area contributed by atoms with Gasteiger partial charge in [0, 0.05) is 36.8 Å². The van der Waals surface area contributed by atoms with Crippen molar-refractivity contribution < 1.29 is 9.59 Å². The molecule has 29 heavy (non-hydrogen) atoms. The lowest BCUT2D eigenvalue weighted by atomic mass is 10.0. The number of carbonyl (C=O) groups is 2. The highest BCUT2D eigenvalue weighted by Gasteiger charge is 2.23. The Labute approximate surface area is 190 Å². The number of aliphatic imine (C=N–C) groups is 1. The highest BCUT2D eigenvalue weighted by atomic mass is 35.5. The first kappa shape index (κ1) is 23.5. The van der Waals surface area contributed by atoms with Gasteiger partial charge in [-0.05, 0) is 30.3 Å². The summed E-state index contributed by atoms with van der Waals surface area (Å²) in [5.41, 5.74) is 1.18. The number of carbonyl (C=O) groups excluding carboxylic acids is 2. The number of benzene rings is 2. The first-order chi connectivity index (χ1) is 13.4. The van der Waals surface area contributed by atoms with Crippen LogP contribution in [-0.2, 0) is 4.79 Å². The Morgan fingerprint density at radius 1 is 1.17 bits per heavy atom. The lowest BCUT2D eigenvalue weighted by Gasteiger charge is -2.21. The van der Waals surface area contributed by atoms with E-state index in [9.17, 15) is 9.59 Å². The molecule has 0 radical (unpaired) electrons. The maximum Gasteiger partial charge on any atom is 0.237 e. The SMILES string of the molecule is CN1CCN=C1SCC(=O)N(C)c1ccc(Cl)cc1C(=O)c1ccccc1Cl.Cl. The molecule has 0 bridgehead atoms. The summed E-state index contributed by atoms with van der Waals surface area (Å²) >= 11 is 13.7. The number of ketones is 1. The number of hydrogen-bond donors (Lipinski definition) is 0. The number of amides is 1. The average Bonchev–Trinajstić information content (AvgIpc) is 3.10. The summed E-state index contributed by atoms with van der Waals surface area (Å²) in [5.74, 6) is -0.194.